The standard InChI is InChI=1S/C32H29NO6/c1-18(29(34)20-11-13-24(38-2)14-12-20)39-32(37)21-9-6-10-23(15-21)33-30(35)27-22-16-25(19-7-4-3-5-8-19)26(17-22)28(27)31(33)36/h3-15,18,22,25-28H,16-17H2,1-2H3/t18-,22-,25+,26-,27+,28+/m1/s1. The average molecular weight is 524 g/mol. The number of ether oxygens (including phenoxy) is 2. The summed E-state index contributed by atoms with van der Waals surface area (Å²) in [5, 5.41) is 0. The Balaban J connectivity index is 1.18. The third-order valence-electron chi connectivity index (χ3n) is 8.61. The zero-order chi connectivity index (χ0) is 27.3. The average Bonchev–Trinajstić information content (AvgIpc) is 3.64. The Labute approximate surface area is 226 Å². The van der Waals surface area contributed by atoms with Crippen LogP contribution < -0.4 is 9.64 Å². The van der Waals surface area contributed by atoms with Crippen LogP contribution in [0.4, 0.5) is 5.69 Å². The Morgan fingerprint density at radius 1 is 0.846 bits per heavy atom. The van der Waals surface area contributed by atoms with Crippen LogP contribution in [-0.2, 0) is 14.3 Å². The van der Waals surface area contributed by atoms with E-state index in [1.807, 2.05) is 18.2 Å². The number of esters is 1. The Morgan fingerprint density at radius 3 is 2.28 bits per heavy atom. The summed E-state index contributed by atoms with van der Waals surface area (Å²) in [4.78, 5) is 54.1. The maximum atomic E-state index is 13.7. The molecule has 7 heteroatoms. The van der Waals surface area contributed by atoms with Crippen molar-refractivity contribution in [2.45, 2.75) is 31.8 Å². The van der Waals surface area contributed by atoms with Crippen LogP contribution in [-0.4, -0.2) is 36.8 Å². The van der Waals surface area contributed by atoms with E-state index in [0.717, 1.165) is 12.8 Å². The van der Waals surface area contributed by atoms with Crippen molar-refractivity contribution in [3.63, 3.8) is 0 Å². The Kier molecular flexibility index (Phi) is 6.29. The number of anilines is 1. The summed E-state index contributed by atoms with van der Waals surface area (Å²) in [6.45, 7) is 1.52. The van der Waals surface area contributed by atoms with Gasteiger partial charge in [-0.1, -0.05) is 36.4 Å². The van der Waals surface area contributed by atoms with E-state index >= 15 is 0 Å². The molecular formula is C32H29NO6. The number of rotatable bonds is 7. The smallest absolute Gasteiger partial charge is 0.338 e. The fourth-order valence-corrected chi connectivity index (χ4v) is 6.84. The van der Waals surface area contributed by atoms with E-state index in [1.54, 1.807) is 42.5 Å². The number of benzene rings is 3. The number of imide groups is 1. The van der Waals surface area contributed by atoms with Gasteiger partial charge in [-0.25, -0.2) is 4.79 Å². The highest BCUT2D eigenvalue weighted by atomic mass is 16.5. The first-order chi connectivity index (χ1) is 18.9. The maximum Gasteiger partial charge on any atom is 0.338 e. The number of Topliss-reactive ketones (excluding diaryl/α,β-unsaturated/α-hetero) is 1. The highest BCUT2D eigenvalue weighted by Crippen LogP contribution is 2.61. The van der Waals surface area contributed by atoms with Gasteiger partial charge >= 0.3 is 5.97 Å². The first kappa shape index (κ1) is 25.0. The van der Waals surface area contributed by atoms with Crippen molar-refractivity contribution in [1.29, 1.82) is 0 Å². The third-order valence-corrected chi connectivity index (χ3v) is 8.61. The van der Waals surface area contributed by atoms with Gasteiger partial charge in [0.2, 0.25) is 17.6 Å². The van der Waals surface area contributed by atoms with Crippen molar-refractivity contribution >= 4 is 29.3 Å². The Morgan fingerprint density at radius 2 is 1.56 bits per heavy atom. The summed E-state index contributed by atoms with van der Waals surface area (Å²) in [5.74, 6) is -0.833. The number of hydrogen-bond acceptors (Lipinski definition) is 6. The van der Waals surface area contributed by atoms with Crippen molar-refractivity contribution in [3.8, 4) is 5.75 Å². The molecule has 2 bridgehead atoms. The molecule has 3 fully saturated rings. The predicted octanol–water partition coefficient (Wildman–Crippen LogP) is 5.05. The van der Waals surface area contributed by atoms with Crippen LogP contribution >= 0.6 is 0 Å². The zero-order valence-corrected chi connectivity index (χ0v) is 21.8. The first-order valence-electron chi connectivity index (χ1n) is 13.3. The summed E-state index contributed by atoms with van der Waals surface area (Å²) in [6.07, 6.45) is 0.788. The number of amides is 2. The summed E-state index contributed by atoms with van der Waals surface area (Å²) in [7, 11) is 1.54. The molecule has 3 aliphatic rings. The second-order valence-corrected chi connectivity index (χ2v) is 10.7. The molecule has 6 rings (SSSR count). The molecule has 3 aromatic rings. The van der Waals surface area contributed by atoms with Crippen molar-refractivity contribution < 1.29 is 28.7 Å². The normalized spacial score (nSPS) is 25.9. The van der Waals surface area contributed by atoms with Gasteiger partial charge in [-0.3, -0.25) is 19.3 Å². The van der Waals surface area contributed by atoms with Gasteiger partial charge < -0.3 is 9.47 Å². The molecule has 3 aromatic carbocycles. The van der Waals surface area contributed by atoms with Crippen LogP contribution in [0.3, 0.4) is 0 Å². The van der Waals surface area contributed by atoms with Crippen molar-refractivity contribution in [2.24, 2.45) is 23.7 Å². The van der Waals surface area contributed by atoms with Crippen LogP contribution in [0, 0.1) is 23.7 Å². The Hall–Kier alpha value is -4.26. The molecule has 1 saturated heterocycles. The fourth-order valence-electron chi connectivity index (χ4n) is 6.84. The number of fused-ring (bicyclic) bond motifs is 5. The number of carbonyl (C=O) groups is 4. The lowest BCUT2D eigenvalue weighted by Crippen LogP contribution is -2.33. The van der Waals surface area contributed by atoms with Crippen molar-refractivity contribution in [3.05, 3.63) is 95.6 Å². The van der Waals surface area contributed by atoms with E-state index in [4.69, 9.17) is 9.47 Å². The maximum absolute atomic E-state index is 13.7. The second-order valence-electron chi connectivity index (χ2n) is 10.7. The molecule has 2 aliphatic carbocycles. The number of methoxy groups -OCH3 is 1. The van der Waals surface area contributed by atoms with E-state index in [-0.39, 0.29) is 52.8 Å². The minimum Gasteiger partial charge on any atom is -0.497 e. The molecule has 39 heavy (non-hydrogen) atoms. The van der Waals surface area contributed by atoms with Crippen LogP contribution in [0.1, 0.15) is 52.0 Å². The molecule has 7 nitrogen and oxygen atoms in total. The lowest BCUT2D eigenvalue weighted by Gasteiger charge is -2.28. The lowest BCUT2D eigenvalue weighted by molar-refractivity contribution is -0.123. The molecule has 0 radical (unpaired) electrons. The van der Waals surface area contributed by atoms with Crippen LogP contribution in [0.5, 0.6) is 5.75 Å². The van der Waals surface area contributed by atoms with Crippen molar-refractivity contribution in [1.82, 2.24) is 0 Å². The van der Waals surface area contributed by atoms with Gasteiger partial charge in [0.25, 0.3) is 0 Å². The molecule has 0 spiro atoms. The second kappa shape index (κ2) is 9.80. The van der Waals surface area contributed by atoms with Crippen LogP contribution in [0.25, 0.3) is 0 Å². The molecule has 2 amide bonds. The summed E-state index contributed by atoms with van der Waals surface area (Å²) >= 11 is 0. The van der Waals surface area contributed by atoms with Crippen molar-refractivity contribution in [2.75, 3.05) is 12.0 Å². The highest BCUT2D eigenvalue weighted by molar-refractivity contribution is 6.23. The van der Waals surface area contributed by atoms with E-state index in [9.17, 15) is 19.2 Å². The molecule has 0 N–H and O–H groups in total. The largest absolute Gasteiger partial charge is 0.497 e. The summed E-state index contributed by atoms with van der Waals surface area (Å²) in [5.41, 5.74) is 2.15. The van der Waals surface area contributed by atoms with E-state index < -0.39 is 12.1 Å². The van der Waals surface area contributed by atoms with E-state index in [0.29, 0.717) is 17.0 Å². The van der Waals surface area contributed by atoms with Gasteiger partial charge in [0.15, 0.2) is 6.10 Å². The molecule has 198 valence electrons. The number of ketones is 1. The topological polar surface area (TPSA) is 90.0 Å². The molecule has 0 unspecified atom stereocenters. The van der Waals surface area contributed by atoms with Gasteiger partial charge in [-0.2, -0.15) is 0 Å². The number of nitrogens with zero attached hydrogens (tertiary/aromatic N) is 1. The van der Waals surface area contributed by atoms with E-state index in [2.05, 4.69) is 12.1 Å². The minimum atomic E-state index is -1.02. The molecular weight excluding hydrogens is 494 g/mol. The number of hydrogen-bond donors (Lipinski definition) is 0. The van der Waals surface area contributed by atoms with Crippen LogP contribution in [0.15, 0.2) is 78.9 Å². The monoisotopic (exact) mass is 523 g/mol. The lowest BCUT2D eigenvalue weighted by atomic mass is 9.73. The zero-order valence-electron chi connectivity index (χ0n) is 21.8. The third kappa shape index (κ3) is 4.22. The van der Waals surface area contributed by atoms with Gasteiger partial charge in [0.05, 0.1) is 30.2 Å². The molecule has 1 aliphatic heterocycles. The quantitative estimate of drug-likeness (QED) is 0.245. The van der Waals surface area contributed by atoms with Gasteiger partial charge in [-0.15, -0.1) is 0 Å². The minimum absolute atomic E-state index is 0.141. The van der Waals surface area contributed by atoms with Gasteiger partial charge in [-0.05, 0) is 85.5 Å². The fraction of sp³-hybridized carbons (Fsp3) is 0.312. The van der Waals surface area contributed by atoms with E-state index in [1.165, 1.54) is 30.6 Å². The predicted molar refractivity (Wildman–Crippen MR) is 144 cm³/mol. The Bertz CT molecular complexity index is 1450. The summed E-state index contributed by atoms with van der Waals surface area (Å²) < 4.78 is 10.6. The van der Waals surface area contributed by atoms with Gasteiger partial charge in [0.1, 0.15) is 5.75 Å². The molecule has 1 heterocycles. The molecule has 2 saturated carbocycles. The highest BCUT2D eigenvalue weighted by Gasteiger charge is 2.64. The SMILES string of the molecule is COc1ccc(C(=O)[C@@H](C)OC(=O)c2cccc(N3C(=O)[C@H]4[C@H]5C[C@@H]([C@@H]4C3=O)[C@H](c3ccccc3)C5)c2)cc1. The van der Waals surface area contributed by atoms with Gasteiger partial charge in [0, 0.05) is 5.56 Å². The first-order valence-corrected chi connectivity index (χ1v) is 13.3. The molecule has 0 aromatic heterocycles. The molecule has 6 atom stereocenters. The van der Waals surface area contributed by atoms with Crippen LogP contribution in [0.2, 0.25) is 0 Å². The summed E-state index contributed by atoms with van der Waals surface area (Å²) in [6, 6.07) is 23.1. The number of carbonyl (C=O) groups excluding carboxylic acids is 4.